The van der Waals surface area contributed by atoms with Crippen LogP contribution in [0, 0.1) is 0 Å². The van der Waals surface area contributed by atoms with Gasteiger partial charge in [0.05, 0.1) is 22.7 Å². The molecule has 0 fully saturated rings. The van der Waals surface area contributed by atoms with Gasteiger partial charge in [0, 0.05) is 17.8 Å². The van der Waals surface area contributed by atoms with Crippen molar-refractivity contribution < 1.29 is 0 Å². The number of para-hydroxylation sites is 1. The maximum Gasteiger partial charge on any atom is 0.0838 e. The molecule has 0 saturated carbocycles. The smallest absolute Gasteiger partial charge is 0.0838 e. The third-order valence-electron chi connectivity index (χ3n) is 2.67. The van der Waals surface area contributed by atoms with E-state index in [0.29, 0.717) is 0 Å². The number of nitrogens with zero attached hydrogens (tertiary/aromatic N) is 2. The minimum absolute atomic E-state index is 1.06. The first kappa shape index (κ1) is 10.5. The molecule has 4 nitrogen and oxygen atoms in total. The Hall–Kier alpha value is -2.62. The van der Waals surface area contributed by atoms with Crippen LogP contribution in [0.5, 0.6) is 0 Å². The molecular weight excluding hydrogens is 224 g/mol. The Morgan fingerprint density at radius 3 is 2.67 bits per heavy atom. The van der Waals surface area contributed by atoms with Gasteiger partial charge in [-0.3, -0.25) is 10.1 Å². The predicted molar refractivity (Wildman–Crippen MR) is 72.2 cm³/mol. The lowest BCUT2D eigenvalue weighted by Gasteiger charge is -1.91. The van der Waals surface area contributed by atoms with Gasteiger partial charge in [-0.2, -0.15) is 5.10 Å². The monoisotopic (exact) mass is 236 g/mol. The number of pyridine rings is 1. The summed E-state index contributed by atoms with van der Waals surface area (Å²) in [5.74, 6) is 0. The normalized spacial score (nSPS) is 10.2. The van der Waals surface area contributed by atoms with Gasteiger partial charge < -0.3 is 4.98 Å². The number of rotatable bonds is 0. The maximum atomic E-state index is 4.18. The highest BCUT2D eigenvalue weighted by atomic mass is 15.1. The maximum absolute atomic E-state index is 4.18. The second-order valence-electron chi connectivity index (χ2n) is 3.87. The number of H-pyrrole nitrogens is 2. The molecule has 0 radical (unpaired) electrons. The van der Waals surface area contributed by atoms with Crippen LogP contribution < -0.4 is 0 Å². The summed E-state index contributed by atoms with van der Waals surface area (Å²) in [5.41, 5.74) is 3.18. The number of nitrogens with one attached hydrogen (secondary N) is 2. The number of fused-ring (bicyclic) bond motifs is 2. The molecular formula is C14H12N4. The Kier molecular flexibility index (Phi) is 2.75. The van der Waals surface area contributed by atoms with Crippen molar-refractivity contribution in [2.75, 3.05) is 0 Å². The molecule has 0 spiro atoms. The fourth-order valence-electron chi connectivity index (χ4n) is 1.77. The molecule has 0 aliphatic rings. The zero-order chi connectivity index (χ0) is 12.2. The molecule has 4 rings (SSSR count). The summed E-state index contributed by atoms with van der Waals surface area (Å²) in [5, 5.41) is 7.82. The molecule has 4 aromatic rings. The first-order chi connectivity index (χ1) is 8.93. The molecule has 0 aliphatic carbocycles. The average molecular weight is 236 g/mol. The van der Waals surface area contributed by atoms with Gasteiger partial charge in [0.2, 0.25) is 0 Å². The van der Waals surface area contributed by atoms with Crippen LogP contribution in [0.25, 0.3) is 21.9 Å². The summed E-state index contributed by atoms with van der Waals surface area (Å²) >= 11 is 0. The third-order valence-corrected chi connectivity index (χ3v) is 2.67. The molecule has 0 amide bonds. The molecule has 2 N–H and O–H groups in total. The van der Waals surface area contributed by atoms with Crippen LogP contribution in [0.15, 0.2) is 61.1 Å². The number of hydrogen-bond acceptors (Lipinski definition) is 2. The fourth-order valence-corrected chi connectivity index (χ4v) is 1.77. The van der Waals surface area contributed by atoms with Crippen molar-refractivity contribution in [1.29, 1.82) is 0 Å². The summed E-state index contributed by atoms with van der Waals surface area (Å²) in [4.78, 5) is 7.19. The van der Waals surface area contributed by atoms with E-state index in [1.165, 1.54) is 5.39 Å². The van der Waals surface area contributed by atoms with Crippen LogP contribution in [0.2, 0.25) is 0 Å². The molecule has 4 heteroatoms. The van der Waals surface area contributed by atoms with E-state index in [-0.39, 0.29) is 0 Å². The minimum Gasteiger partial charge on any atom is -0.359 e. The second-order valence-corrected chi connectivity index (χ2v) is 3.87. The molecule has 0 atom stereocenters. The summed E-state index contributed by atoms with van der Waals surface area (Å²) < 4.78 is 0. The van der Waals surface area contributed by atoms with Crippen molar-refractivity contribution in [3.05, 3.63) is 61.1 Å². The van der Waals surface area contributed by atoms with Crippen LogP contribution in [0.1, 0.15) is 0 Å². The van der Waals surface area contributed by atoms with Crippen molar-refractivity contribution in [2.24, 2.45) is 0 Å². The Morgan fingerprint density at radius 1 is 0.889 bits per heavy atom. The highest BCUT2D eigenvalue weighted by molar-refractivity contribution is 5.77. The summed E-state index contributed by atoms with van der Waals surface area (Å²) in [6.45, 7) is 0. The summed E-state index contributed by atoms with van der Waals surface area (Å²) in [7, 11) is 0. The third kappa shape index (κ3) is 2.08. The Bertz CT molecular complexity index is 638. The summed E-state index contributed by atoms with van der Waals surface area (Å²) in [6.07, 6.45) is 5.44. The number of hydrogen-bond donors (Lipinski definition) is 2. The van der Waals surface area contributed by atoms with Gasteiger partial charge >= 0.3 is 0 Å². The molecule has 0 unspecified atom stereocenters. The quantitative estimate of drug-likeness (QED) is 0.493. The highest BCUT2D eigenvalue weighted by Crippen LogP contribution is 2.08. The largest absolute Gasteiger partial charge is 0.359 e. The number of benzene rings is 1. The van der Waals surface area contributed by atoms with Crippen LogP contribution in [-0.2, 0) is 0 Å². The zero-order valence-corrected chi connectivity index (χ0v) is 9.67. The Labute approximate surface area is 104 Å². The van der Waals surface area contributed by atoms with Crippen molar-refractivity contribution >= 4 is 21.9 Å². The Balaban J connectivity index is 0.000000114. The summed E-state index contributed by atoms with van der Waals surface area (Å²) in [6, 6.07) is 14.0. The lowest BCUT2D eigenvalue weighted by atomic mass is 10.2. The van der Waals surface area contributed by atoms with Crippen molar-refractivity contribution in [1.82, 2.24) is 20.2 Å². The van der Waals surface area contributed by atoms with E-state index in [2.05, 4.69) is 32.3 Å². The molecule has 0 aliphatic heterocycles. The van der Waals surface area contributed by atoms with Gasteiger partial charge in [0.25, 0.3) is 0 Å². The van der Waals surface area contributed by atoms with E-state index in [1.807, 2.05) is 42.7 Å². The molecule has 1 aromatic carbocycles. The number of aromatic amines is 2. The molecule has 0 saturated heterocycles. The van der Waals surface area contributed by atoms with Crippen LogP contribution >= 0.6 is 0 Å². The van der Waals surface area contributed by atoms with Gasteiger partial charge in [-0.05, 0) is 18.2 Å². The molecule has 3 aromatic heterocycles. The number of aromatic nitrogens is 4. The predicted octanol–water partition coefficient (Wildman–Crippen LogP) is 3.13. The van der Waals surface area contributed by atoms with Gasteiger partial charge in [0.15, 0.2) is 0 Å². The van der Waals surface area contributed by atoms with Crippen LogP contribution in [-0.4, -0.2) is 20.2 Å². The molecule has 88 valence electrons. The van der Waals surface area contributed by atoms with E-state index in [9.17, 15) is 0 Å². The van der Waals surface area contributed by atoms with Gasteiger partial charge in [0.1, 0.15) is 0 Å². The van der Waals surface area contributed by atoms with Gasteiger partial charge in [-0.1, -0.05) is 24.3 Å². The minimum atomic E-state index is 1.06. The first-order valence-corrected chi connectivity index (χ1v) is 5.70. The molecule has 0 bridgehead atoms. The van der Waals surface area contributed by atoms with E-state index in [1.54, 1.807) is 6.20 Å². The second kappa shape index (κ2) is 4.71. The lowest BCUT2D eigenvalue weighted by molar-refractivity contribution is 1.12. The first-order valence-electron chi connectivity index (χ1n) is 5.70. The highest BCUT2D eigenvalue weighted by Gasteiger charge is 1.90. The van der Waals surface area contributed by atoms with Gasteiger partial charge in [-0.25, -0.2) is 0 Å². The van der Waals surface area contributed by atoms with Gasteiger partial charge in [-0.15, -0.1) is 0 Å². The van der Waals surface area contributed by atoms with Crippen molar-refractivity contribution in [3.8, 4) is 0 Å². The standard InChI is InChI=1S/C9H7N.C5H5N3/c1-2-6-9-8(4-1)5-3-7-10-9;1-2-6-5-3-7-8-4(1)5/h1-7H;1-3,6H,(H,7,8). The van der Waals surface area contributed by atoms with E-state index < -0.39 is 0 Å². The van der Waals surface area contributed by atoms with Crippen LogP contribution in [0.4, 0.5) is 0 Å². The Morgan fingerprint density at radius 2 is 1.78 bits per heavy atom. The SMILES string of the molecule is c1cc2[nH]ncc2[nH]1.c1ccc2ncccc2c1. The van der Waals surface area contributed by atoms with Crippen molar-refractivity contribution in [2.45, 2.75) is 0 Å². The lowest BCUT2D eigenvalue weighted by Crippen LogP contribution is -1.73. The van der Waals surface area contributed by atoms with Crippen molar-refractivity contribution in [3.63, 3.8) is 0 Å². The van der Waals surface area contributed by atoms with E-state index in [4.69, 9.17) is 0 Å². The zero-order valence-electron chi connectivity index (χ0n) is 9.67. The molecule has 18 heavy (non-hydrogen) atoms. The molecule has 3 heterocycles. The average Bonchev–Trinajstić information content (AvgIpc) is 3.03. The van der Waals surface area contributed by atoms with Crippen LogP contribution in [0.3, 0.4) is 0 Å². The van der Waals surface area contributed by atoms with E-state index >= 15 is 0 Å². The topological polar surface area (TPSA) is 57.4 Å². The fraction of sp³-hybridized carbons (Fsp3) is 0. The van der Waals surface area contributed by atoms with E-state index in [0.717, 1.165) is 16.6 Å².